The molecule has 1 aliphatic heterocycles. The average Bonchev–Trinajstić information content (AvgIpc) is 3.13. The van der Waals surface area contributed by atoms with Crippen molar-refractivity contribution in [2.75, 3.05) is 16.9 Å². The third-order valence-corrected chi connectivity index (χ3v) is 6.17. The van der Waals surface area contributed by atoms with Crippen molar-refractivity contribution in [3.05, 3.63) is 74.6 Å². The molecule has 160 valence electrons. The molecule has 4 rings (SSSR count). The van der Waals surface area contributed by atoms with Crippen LogP contribution in [0.2, 0.25) is 0 Å². The Bertz CT molecular complexity index is 1220. The summed E-state index contributed by atoms with van der Waals surface area (Å²) in [4.78, 5) is 17.9. The number of hydrogen-bond donors (Lipinski definition) is 2. The van der Waals surface area contributed by atoms with Crippen LogP contribution in [-0.2, 0) is 4.79 Å². The fraction of sp³-hybridized carbons (Fsp3) is 0.227. The summed E-state index contributed by atoms with van der Waals surface area (Å²) in [6, 6.07) is 9.72. The molecule has 0 aliphatic carbocycles. The number of halogens is 2. The van der Waals surface area contributed by atoms with E-state index in [4.69, 9.17) is 0 Å². The lowest BCUT2D eigenvalue weighted by atomic mass is 9.94. The van der Waals surface area contributed by atoms with Gasteiger partial charge in [-0.25, -0.2) is 9.07 Å². The number of amides is 1. The van der Waals surface area contributed by atoms with Gasteiger partial charge in [0.2, 0.25) is 11.1 Å². The predicted molar refractivity (Wildman–Crippen MR) is 125 cm³/mol. The number of nitrogens with one attached hydrogen (secondary N) is 2. The van der Waals surface area contributed by atoms with Crippen LogP contribution in [0.3, 0.4) is 0 Å². The second kappa shape index (κ2) is 8.47. The van der Waals surface area contributed by atoms with Crippen LogP contribution >= 0.6 is 27.7 Å². The van der Waals surface area contributed by atoms with Crippen molar-refractivity contribution in [1.29, 1.82) is 0 Å². The zero-order valence-corrected chi connectivity index (χ0v) is 19.9. The molecule has 1 amide bonds. The molecule has 0 saturated carbocycles. The van der Waals surface area contributed by atoms with Crippen LogP contribution in [0, 0.1) is 19.7 Å². The molecule has 0 radical (unpaired) electrons. The molecule has 3 aromatic rings. The van der Waals surface area contributed by atoms with Crippen LogP contribution in [0.25, 0.3) is 0 Å². The van der Waals surface area contributed by atoms with Gasteiger partial charge in [0.1, 0.15) is 11.9 Å². The van der Waals surface area contributed by atoms with E-state index >= 15 is 0 Å². The quantitative estimate of drug-likeness (QED) is 0.465. The van der Waals surface area contributed by atoms with Gasteiger partial charge in [-0.15, -0.1) is 5.10 Å². The first kappa shape index (κ1) is 21.6. The van der Waals surface area contributed by atoms with Crippen molar-refractivity contribution >= 4 is 45.2 Å². The van der Waals surface area contributed by atoms with Gasteiger partial charge >= 0.3 is 0 Å². The van der Waals surface area contributed by atoms with Gasteiger partial charge in [-0.05, 0) is 56.9 Å². The summed E-state index contributed by atoms with van der Waals surface area (Å²) in [7, 11) is 0. The highest BCUT2D eigenvalue weighted by atomic mass is 79.9. The van der Waals surface area contributed by atoms with Crippen molar-refractivity contribution in [1.82, 2.24) is 14.8 Å². The molecule has 0 bridgehead atoms. The van der Waals surface area contributed by atoms with Gasteiger partial charge in [-0.3, -0.25) is 4.79 Å². The Labute approximate surface area is 192 Å². The van der Waals surface area contributed by atoms with Gasteiger partial charge in [0.25, 0.3) is 5.91 Å². The standard InChI is InChI=1S/C22H21BrFN5OS/c1-11-5-8-17(12(2)9-11)26-20(30)18-13(3)25-21-27-22(31-4)28-29(21)19(18)15-10-14(23)6-7-16(15)24/h5-10,19H,1-4H3,(H,26,30)(H,25,27,28). The molecule has 0 saturated heterocycles. The summed E-state index contributed by atoms with van der Waals surface area (Å²) in [5.41, 5.74) is 4.07. The minimum atomic E-state index is -0.770. The molecule has 1 atom stereocenters. The first-order chi connectivity index (χ1) is 14.8. The number of aryl methyl sites for hydroxylation is 2. The van der Waals surface area contributed by atoms with Crippen molar-refractivity contribution in [3.8, 4) is 0 Å². The van der Waals surface area contributed by atoms with Crippen LogP contribution < -0.4 is 10.6 Å². The highest BCUT2D eigenvalue weighted by Gasteiger charge is 2.36. The number of aromatic nitrogens is 3. The summed E-state index contributed by atoms with van der Waals surface area (Å²) in [6.45, 7) is 5.73. The zero-order valence-electron chi connectivity index (χ0n) is 17.5. The molecule has 1 unspecified atom stereocenters. The largest absolute Gasteiger partial charge is 0.328 e. The normalized spacial score (nSPS) is 15.5. The van der Waals surface area contributed by atoms with Crippen molar-refractivity contribution < 1.29 is 9.18 Å². The van der Waals surface area contributed by atoms with E-state index in [0.29, 0.717) is 38.1 Å². The summed E-state index contributed by atoms with van der Waals surface area (Å²) < 4.78 is 17.3. The second-order valence-electron chi connectivity index (χ2n) is 7.37. The average molecular weight is 502 g/mol. The van der Waals surface area contributed by atoms with Gasteiger partial charge in [0, 0.05) is 21.4 Å². The van der Waals surface area contributed by atoms with E-state index in [2.05, 4.69) is 36.6 Å². The summed E-state index contributed by atoms with van der Waals surface area (Å²) in [5.74, 6) is -0.283. The van der Waals surface area contributed by atoms with Crippen LogP contribution in [0.4, 0.5) is 16.0 Å². The Hall–Kier alpha value is -2.65. The molecule has 0 fully saturated rings. The van der Waals surface area contributed by atoms with Crippen molar-refractivity contribution in [2.45, 2.75) is 32.0 Å². The summed E-state index contributed by atoms with van der Waals surface area (Å²) in [6.07, 6.45) is 1.87. The number of rotatable bonds is 4. The molecular weight excluding hydrogens is 481 g/mol. The predicted octanol–water partition coefficient (Wildman–Crippen LogP) is 5.45. The van der Waals surface area contributed by atoms with Crippen molar-refractivity contribution in [2.24, 2.45) is 0 Å². The van der Waals surface area contributed by atoms with Crippen LogP contribution in [-0.4, -0.2) is 26.9 Å². The fourth-order valence-corrected chi connectivity index (χ4v) is 4.39. The molecule has 2 heterocycles. The van der Waals surface area contributed by atoms with Crippen molar-refractivity contribution in [3.63, 3.8) is 0 Å². The molecule has 1 aliphatic rings. The highest BCUT2D eigenvalue weighted by molar-refractivity contribution is 9.10. The molecule has 31 heavy (non-hydrogen) atoms. The maximum Gasteiger partial charge on any atom is 0.255 e. The van der Waals surface area contributed by atoms with E-state index in [1.807, 2.05) is 38.3 Å². The Morgan fingerprint density at radius 3 is 2.71 bits per heavy atom. The minimum absolute atomic E-state index is 0.326. The molecule has 2 N–H and O–H groups in total. The number of carbonyl (C=O) groups excluding carboxylic acids is 1. The van der Waals surface area contributed by atoms with Gasteiger partial charge in [0.15, 0.2) is 0 Å². The number of anilines is 2. The van der Waals surface area contributed by atoms with Gasteiger partial charge in [-0.1, -0.05) is 45.4 Å². The SMILES string of the molecule is CSc1nc2n(n1)C(c1cc(Br)ccc1F)C(C(=O)Nc1ccc(C)cc1C)=C(C)N2. The van der Waals surface area contributed by atoms with Gasteiger partial charge < -0.3 is 10.6 Å². The van der Waals surface area contributed by atoms with E-state index in [-0.39, 0.29) is 5.91 Å². The molecule has 6 nitrogen and oxygen atoms in total. The fourth-order valence-electron chi connectivity index (χ4n) is 3.67. The molecule has 0 spiro atoms. The third-order valence-electron chi connectivity index (χ3n) is 5.14. The third kappa shape index (κ3) is 4.12. The van der Waals surface area contributed by atoms with Gasteiger partial charge in [-0.2, -0.15) is 4.98 Å². The number of hydrogen-bond acceptors (Lipinski definition) is 5. The van der Waals surface area contributed by atoms with E-state index < -0.39 is 11.9 Å². The number of allylic oxidation sites excluding steroid dienone is 1. The Morgan fingerprint density at radius 2 is 2.00 bits per heavy atom. The number of nitrogens with zero attached hydrogens (tertiary/aromatic N) is 3. The Kier molecular flexibility index (Phi) is 5.90. The maximum absolute atomic E-state index is 15.0. The summed E-state index contributed by atoms with van der Waals surface area (Å²) >= 11 is 4.79. The topological polar surface area (TPSA) is 71.8 Å². The number of carbonyl (C=O) groups is 1. The first-order valence-electron chi connectivity index (χ1n) is 9.60. The van der Waals surface area contributed by atoms with Crippen LogP contribution in [0.1, 0.15) is 29.7 Å². The minimum Gasteiger partial charge on any atom is -0.328 e. The summed E-state index contributed by atoms with van der Waals surface area (Å²) in [5, 5.41) is 11.2. The van der Waals surface area contributed by atoms with E-state index in [9.17, 15) is 9.18 Å². The molecular formula is C22H21BrFN5OS. The molecule has 2 aromatic carbocycles. The number of benzene rings is 2. The second-order valence-corrected chi connectivity index (χ2v) is 9.06. The highest BCUT2D eigenvalue weighted by Crippen LogP contribution is 2.38. The lowest BCUT2D eigenvalue weighted by Crippen LogP contribution is -2.32. The Balaban J connectivity index is 1.83. The monoisotopic (exact) mass is 501 g/mol. The van der Waals surface area contributed by atoms with E-state index in [1.54, 1.807) is 23.7 Å². The maximum atomic E-state index is 15.0. The molecule has 1 aromatic heterocycles. The Morgan fingerprint density at radius 1 is 1.23 bits per heavy atom. The smallest absolute Gasteiger partial charge is 0.255 e. The van der Waals surface area contributed by atoms with Crippen LogP contribution in [0.5, 0.6) is 0 Å². The van der Waals surface area contributed by atoms with E-state index in [1.165, 1.54) is 17.8 Å². The lowest BCUT2D eigenvalue weighted by molar-refractivity contribution is -0.113. The lowest BCUT2D eigenvalue weighted by Gasteiger charge is -2.29. The van der Waals surface area contributed by atoms with Gasteiger partial charge in [0.05, 0.1) is 5.57 Å². The number of fused-ring (bicyclic) bond motifs is 1. The molecule has 9 heteroatoms. The van der Waals surface area contributed by atoms with Crippen LogP contribution in [0.15, 0.2) is 57.3 Å². The van der Waals surface area contributed by atoms with E-state index in [0.717, 1.165) is 11.1 Å². The number of thioether (sulfide) groups is 1. The first-order valence-corrected chi connectivity index (χ1v) is 11.6. The zero-order chi connectivity index (χ0) is 22.3.